The molecule has 1 atom stereocenters. The quantitative estimate of drug-likeness (QED) is 0.780. The van der Waals surface area contributed by atoms with Gasteiger partial charge in [-0.1, -0.05) is 54.6 Å². The van der Waals surface area contributed by atoms with Crippen molar-refractivity contribution in [2.45, 2.75) is 13.0 Å². The number of carbonyl (C=O) groups is 1. The summed E-state index contributed by atoms with van der Waals surface area (Å²) in [7, 11) is 0. The lowest BCUT2D eigenvalue weighted by molar-refractivity contribution is -0.122. The third kappa shape index (κ3) is 3.09. The van der Waals surface area contributed by atoms with E-state index in [2.05, 4.69) is 5.32 Å². The van der Waals surface area contributed by atoms with Gasteiger partial charge in [0.15, 0.2) is 6.10 Å². The third-order valence-corrected chi connectivity index (χ3v) is 3.47. The summed E-state index contributed by atoms with van der Waals surface area (Å²) in [6.45, 7) is 1.74. The highest BCUT2D eigenvalue weighted by atomic mass is 16.5. The summed E-state index contributed by atoms with van der Waals surface area (Å²) in [4.78, 5) is 12.3. The highest BCUT2D eigenvalue weighted by Crippen LogP contribution is 2.23. The Morgan fingerprint density at radius 1 is 0.909 bits per heavy atom. The lowest BCUT2D eigenvalue weighted by Crippen LogP contribution is -2.30. The van der Waals surface area contributed by atoms with E-state index in [9.17, 15) is 4.79 Å². The zero-order valence-corrected chi connectivity index (χ0v) is 12.3. The summed E-state index contributed by atoms with van der Waals surface area (Å²) in [5.41, 5.74) is 0.798. The molecule has 0 aliphatic rings. The molecule has 0 saturated carbocycles. The smallest absolute Gasteiger partial charge is 0.265 e. The van der Waals surface area contributed by atoms with Crippen molar-refractivity contribution < 1.29 is 9.53 Å². The average molecular weight is 291 g/mol. The van der Waals surface area contributed by atoms with Gasteiger partial charge in [-0.05, 0) is 30.5 Å². The molecule has 110 valence electrons. The Morgan fingerprint density at radius 2 is 1.59 bits per heavy atom. The van der Waals surface area contributed by atoms with Crippen molar-refractivity contribution in [2.75, 3.05) is 5.32 Å². The number of rotatable bonds is 4. The van der Waals surface area contributed by atoms with Crippen LogP contribution in [0.3, 0.4) is 0 Å². The normalized spacial score (nSPS) is 11.9. The zero-order chi connectivity index (χ0) is 15.4. The van der Waals surface area contributed by atoms with E-state index in [1.54, 1.807) is 6.92 Å². The van der Waals surface area contributed by atoms with Gasteiger partial charge in [0.25, 0.3) is 5.91 Å². The van der Waals surface area contributed by atoms with Crippen molar-refractivity contribution >= 4 is 22.4 Å². The van der Waals surface area contributed by atoms with Gasteiger partial charge in [-0.3, -0.25) is 4.79 Å². The highest BCUT2D eigenvalue weighted by molar-refractivity contribution is 6.03. The van der Waals surface area contributed by atoms with Crippen LogP contribution >= 0.6 is 0 Å². The summed E-state index contributed by atoms with van der Waals surface area (Å²) in [6.07, 6.45) is -0.568. The molecule has 1 N–H and O–H groups in total. The standard InChI is InChI=1S/C19H17NO2/c1-14(22-16-10-3-2-4-11-16)19(21)20-18-13-7-9-15-8-5-6-12-17(15)18/h2-14H,1H3,(H,20,21)/t14-/m0/s1. The molecule has 0 spiro atoms. The molecule has 3 aromatic rings. The Kier molecular flexibility index (Phi) is 4.05. The summed E-state index contributed by atoms with van der Waals surface area (Å²) in [5.74, 6) is 0.517. The summed E-state index contributed by atoms with van der Waals surface area (Å²) < 4.78 is 5.65. The van der Waals surface area contributed by atoms with Crippen LogP contribution in [0.5, 0.6) is 5.75 Å². The molecule has 3 nitrogen and oxygen atoms in total. The summed E-state index contributed by atoms with van der Waals surface area (Å²) in [6, 6.07) is 23.1. The number of hydrogen-bond donors (Lipinski definition) is 1. The first-order valence-electron chi connectivity index (χ1n) is 7.24. The molecule has 3 rings (SSSR count). The number of carbonyl (C=O) groups excluding carboxylic acids is 1. The van der Waals surface area contributed by atoms with Crippen molar-refractivity contribution in [2.24, 2.45) is 0 Å². The first-order valence-corrected chi connectivity index (χ1v) is 7.24. The second kappa shape index (κ2) is 6.31. The van der Waals surface area contributed by atoms with Crippen LogP contribution in [0.4, 0.5) is 5.69 Å². The van der Waals surface area contributed by atoms with Gasteiger partial charge in [0.2, 0.25) is 0 Å². The maximum absolute atomic E-state index is 12.3. The Bertz CT molecular complexity index is 778. The SMILES string of the molecule is C[C@H](Oc1ccccc1)C(=O)Nc1cccc2ccccc12. The van der Waals surface area contributed by atoms with Crippen molar-refractivity contribution in [1.29, 1.82) is 0 Å². The largest absolute Gasteiger partial charge is 0.481 e. The van der Waals surface area contributed by atoms with E-state index < -0.39 is 6.10 Å². The van der Waals surface area contributed by atoms with Crippen molar-refractivity contribution in [3.8, 4) is 5.75 Å². The fourth-order valence-corrected chi connectivity index (χ4v) is 2.33. The number of fused-ring (bicyclic) bond motifs is 1. The molecule has 0 bridgehead atoms. The third-order valence-electron chi connectivity index (χ3n) is 3.47. The van der Waals surface area contributed by atoms with Crippen LogP contribution in [-0.4, -0.2) is 12.0 Å². The molecular weight excluding hydrogens is 274 g/mol. The van der Waals surface area contributed by atoms with Crippen molar-refractivity contribution in [3.05, 3.63) is 72.8 Å². The Hall–Kier alpha value is -2.81. The molecule has 0 unspecified atom stereocenters. The highest BCUT2D eigenvalue weighted by Gasteiger charge is 2.15. The van der Waals surface area contributed by atoms with Crippen LogP contribution < -0.4 is 10.1 Å². The van der Waals surface area contributed by atoms with Gasteiger partial charge in [0.05, 0.1) is 0 Å². The molecule has 0 aliphatic heterocycles. The lowest BCUT2D eigenvalue weighted by Gasteiger charge is -2.15. The van der Waals surface area contributed by atoms with E-state index in [4.69, 9.17) is 4.74 Å². The van der Waals surface area contributed by atoms with Gasteiger partial charge in [-0.15, -0.1) is 0 Å². The predicted octanol–water partition coefficient (Wildman–Crippen LogP) is 4.25. The topological polar surface area (TPSA) is 38.3 Å². The van der Waals surface area contributed by atoms with Gasteiger partial charge in [-0.25, -0.2) is 0 Å². The van der Waals surface area contributed by atoms with Gasteiger partial charge < -0.3 is 10.1 Å². The lowest BCUT2D eigenvalue weighted by atomic mass is 10.1. The molecule has 0 saturated heterocycles. The number of nitrogens with one attached hydrogen (secondary N) is 1. The van der Waals surface area contributed by atoms with Crippen LogP contribution in [-0.2, 0) is 4.79 Å². The fraction of sp³-hybridized carbons (Fsp3) is 0.105. The first kappa shape index (κ1) is 14.1. The second-order valence-corrected chi connectivity index (χ2v) is 5.09. The number of hydrogen-bond acceptors (Lipinski definition) is 2. The Balaban J connectivity index is 1.75. The molecule has 22 heavy (non-hydrogen) atoms. The molecule has 0 heterocycles. The predicted molar refractivity (Wildman–Crippen MR) is 89.1 cm³/mol. The zero-order valence-electron chi connectivity index (χ0n) is 12.3. The summed E-state index contributed by atoms with van der Waals surface area (Å²) >= 11 is 0. The average Bonchev–Trinajstić information content (AvgIpc) is 2.56. The van der Waals surface area contributed by atoms with E-state index in [-0.39, 0.29) is 5.91 Å². The first-order chi connectivity index (χ1) is 10.7. The van der Waals surface area contributed by atoms with Gasteiger partial charge >= 0.3 is 0 Å². The maximum Gasteiger partial charge on any atom is 0.265 e. The van der Waals surface area contributed by atoms with Gasteiger partial charge in [0.1, 0.15) is 5.75 Å². The van der Waals surface area contributed by atoms with Crippen LogP contribution in [0.2, 0.25) is 0 Å². The van der Waals surface area contributed by atoms with Crippen LogP contribution in [0.25, 0.3) is 10.8 Å². The van der Waals surface area contributed by atoms with E-state index in [1.807, 2.05) is 72.8 Å². The summed E-state index contributed by atoms with van der Waals surface area (Å²) in [5, 5.41) is 5.05. The minimum Gasteiger partial charge on any atom is -0.481 e. The maximum atomic E-state index is 12.3. The molecule has 0 aliphatic carbocycles. The van der Waals surface area contributed by atoms with E-state index in [0.717, 1.165) is 16.5 Å². The number of benzene rings is 3. The van der Waals surface area contributed by atoms with E-state index in [0.29, 0.717) is 5.75 Å². The molecule has 0 fully saturated rings. The molecule has 3 heteroatoms. The second-order valence-electron chi connectivity index (χ2n) is 5.09. The molecule has 3 aromatic carbocycles. The van der Waals surface area contributed by atoms with Gasteiger partial charge in [-0.2, -0.15) is 0 Å². The Morgan fingerprint density at radius 3 is 2.41 bits per heavy atom. The van der Waals surface area contributed by atoms with Crippen molar-refractivity contribution in [1.82, 2.24) is 0 Å². The Labute approximate surface area is 129 Å². The van der Waals surface area contributed by atoms with E-state index >= 15 is 0 Å². The number of anilines is 1. The molecule has 1 amide bonds. The number of ether oxygens (including phenoxy) is 1. The van der Waals surface area contributed by atoms with Crippen LogP contribution in [0, 0.1) is 0 Å². The molecular formula is C19H17NO2. The van der Waals surface area contributed by atoms with Crippen LogP contribution in [0.15, 0.2) is 72.8 Å². The monoisotopic (exact) mass is 291 g/mol. The number of amides is 1. The minimum atomic E-state index is -0.568. The molecule has 0 aromatic heterocycles. The van der Waals surface area contributed by atoms with Gasteiger partial charge in [0, 0.05) is 11.1 Å². The van der Waals surface area contributed by atoms with Crippen LogP contribution in [0.1, 0.15) is 6.92 Å². The fourth-order valence-electron chi connectivity index (χ4n) is 2.33. The molecule has 0 radical (unpaired) electrons. The van der Waals surface area contributed by atoms with E-state index in [1.165, 1.54) is 0 Å². The minimum absolute atomic E-state index is 0.166. The number of para-hydroxylation sites is 1. The van der Waals surface area contributed by atoms with Crippen molar-refractivity contribution in [3.63, 3.8) is 0 Å².